The first-order valence-corrected chi connectivity index (χ1v) is 2.59. The molecule has 0 bridgehead atoms. The number of carbonyl (C=O) groups is 2. The molecule has 14 heavy (non-hydrogen) atoms. The predicted octanol–water partition coefficient (Wildman–Crippen LogP) is 0.254. The number of nitriles is 1. The quantitative estimate of drug-likeness (QED) is 0.353. The summed E-state index contributed by atoms with van der Waals surface area (Å²) >= 11 is 0. The van der Waals surface area contributed by atoms with E-state index in [0.29, 0.717) is 0 Å². The van der Waals surface area contributed by atoms with E-state index in [1.165, 1.54) is 6.92 Å². The highest BCUT2D eigenvalue weighted by Crippen LogP contribution is 1.42. The number of hydrogen-bond acceptors (Lipinski definition) is 6. The molecule has 0 aromatic carbocycles. The average Bonchev–Trinajstić information content (AvgIpc) is 1.92. The lowest BCUT2D eigenvalue weighted by Crippen LogP contribution is -1.78. The summed E-state index contributed by atoms with van der Waals surface area (Å²) in [6, 6.07) is 1.75. The van der Waals surface area contributed by atoms with Gasteiger partial charge in [0.15, 0.2) is 0 Å². The Morgan fingerprint density at radius 2 is 1.36 bits per heavy atom. The summed E-state index contributed by atoms with van der Waals surface area (Å²) in [6.07, 6.45) is 0. The fourth-order valence-corrected chi connectivity index (χ4v) is 0. The lowest BCUT2D eigenvalue weighted by molar-refractivity contribution is -0.134. The zero-order valence-electron chi connectivity index (χ0n) is 8.60. The first-order chi connectivity index (χ1) is 5.56. The molecule has 0 rings (SSSR count). The molecule has 0 heterocycles. The van der Waals surface area contributed by atoms with Crippen molar-refractivity contribution >= 4 is 12.4 Å². The molecule has 8 heteroatoms. The lowest BCUT2D eigenvalue weighted by Gasteiger charge is -1.59. The van der Waals surface area contributed by atoms with E-state index < -0.39 is 5.97 Å². The summed E-state index contributed by atoms with van der Waals surface area (Å²) in [5.41, 5.74) is 0. The number of aliphatic hydroxyl groups is 1. The first-order valence-electron chi connectivity index (χ1n) is 2.59. The molecule has 0 fully saturated rings. The van der Waals surface area contributed by atoms with Crippen molar-refractivity contribution < 1.29 is 24.9 Å². The van der Waals surface area contributed by atoms with Crippen molar-refractivity contribution in [2.24, 2.45) is 0 Å². The van der Waals surface area contributed by atoms with Gasteiger partial charge in [-0.25, -0.2) is 0 Å². The van der Waals surface area contributed by atoms with Crippen molar-refractivity contribution in [1.29, 1.82) is 5.26 Å². The molecule has 0 amide bonds. The van der Waals surface area contributed by atoms with Gasteiger partial charge in [-0.3, -0.25) is 9.59 Å². The van der Waals surface area contributed by atoms with Gasteiger partial charge in [0.25, 0.3) is 12.4 Å². The monoisotopic (exact) mass is 213 g/mol. The zero-order chi connectivity index (χ0) is 11.0. The van der Waals surface area contributed by atoms with Gasteiger partial charge in [0, 0.05) is 21.0 Å². The van der Waals surface area contributed by atoms with E-state index in [1.807, 2.05) is 0 Å². The van der Waals surface area contributed by atoms with E-state index in [0.717, 1.165) is 14.0 Å². The maximum absolute atomic E-state index is 9.00. The summed E-state index contributed by atoms with van der Waals surface area (Å²) in [6.45, 7) is 2.26. The van der Waals surface area contributed by atoms with Gasteiger partial charge in [0.2, 0.25) is 0 Å². The number of hydrogen-bond donors (Lipinski definition) is 5. The van der Waals surface area contributed by atoms with Gasteiger partial charge in [-0.15, -0.1) is 0 Å². The minimum atomic E-state index is -0.833. The Bertz CT molecular complexity index is 119. The van der Waals surface area contributed by atoms with Crippen LogP contribution in [0.2, 0.25) is 0 Å². The molecule has 9 N–H and O–H groups in total. The Balaban J connectivity index is -0.0000000149. The average molecular weight is 213 g/mol. The van der Waals surface area contributed by atoms with E-state index in [1.54, 1.807) is 6.07 Å². The van der Waals surface area contributed by atoms with Crippen molar-refractivity contribution in [1.82, 2.24) is 12.3 Å². The molecule has 0 saturated heterocycles. The third-order valence-corrected chi connectivity index (χ3v) is 0. The number of aliphatic carboxylic acids is 1. The Morgan fingerprint density at radius 1 is 1.36 bits per heavy atom. The summed E-state index contributed by atoms with van der Waals surface area (Å²) in [4.78, 5) is 17.4. The van der Waals surface area contributed by atoms with E-state index >= 15 is 0 Å². The normalized spacial score (nSPS) is 3.64. The third kappa shape index (κ3) is 313. The van der Waals surface area contributed by atoms with Crippen LogP contribution in [0.4, 0.5) is 0 Å². The summed E-state index contributed by atoms with van der Waals surface area (Å²) in [5, 5.41) is 28.6. The van der Waals surface area contributed by atoms with Crippen LogP contribution >= 0.6 is 0 Å². The fraction of sp³-hybridized carbons (Fsp3) is 0.500. The van der Waals surface area contributed by atoms with Crippen molar-refractivity contribution in [2.75, 3.05) is 7.11 Å². The number of carboxylic acid groups (broad SMARTS) is 2. The molecule has 0 aliphatic heterocycles. The maximum Gasteiger partial charge on any atom is 0.300 e. The first kappa shape index (κ1) is 39.5. The van der Waals surface area contributed by atoms with Crippen molar-refractivity contribution in [2.45, 2.75) is 13.8 Å². The minimum Gasteiger partial charge on any atom is -0.483 e. The predicted molar refractivity (Wildman–Crippen MR) is 51.5 cm³/mol. The summed E-state index contributed by atoms with van der Waals surface area (Å²) in [5.74, 6) is -0.833. The second-order valence-electron chi connectivity index (χ2n) is 0.848. The topological polar surface area (TPSA) is 189 Å². The Hall–Kier alpha value is -1.69. The molecule has 0 aliphatic carbocycles. The summed E-state index contributed by atoms with van der Waals surface area (Å²) in [7, 11) is 1.00. The molecular formula is C6H19N3O5. The smallest absolute Gasteiger partial charge is 0.300 e. The van der Waals surface area contributed by atoms with Gasteiger partial charge in [-0.1, -0.05) is 0 Å². The third-order valence-electron chi connectivity index (χ3n) is 0. The molecule has 8 nitrogen and oxygen atoms in total. The van der Waals surface area contributed by atoms with Crippen molar-refractivity contribution in [3.05, 3.63) is 0 Å². The highest BCUT2D eigenvalue weighted by molar-refractivity contribution is 5.62. The van der Waals surface area contributed by atoms with Crippen LogP contribution in [0.25, 0.3) is 0 Å². The lowest BCUT2D eigenvalue weighted by atomic mass is 10.9. The molecule has 0 unspecified atom stereocenters. The highest BCUT2D eigenvalue weighted by Gasteiger charge is 1.65. The minimum absolute atomic E-state index is 0. The van der Waals surface area contributed by atoms with Crippen molar-refractivity contribution in [3.8, 4) is 6.07 Å². The van der Waals surface area contributed by atoms with Gasteiger partial charge in [-0.2, -0.15) is 5.26 Å². The molecule has 0 spiro atoms. The van der Waals surface area contributed by atoms with Gasteiger partial charge < -0.3 is 27.6 Å². The Morgan fingerprint density at radius 3 is 1.36 bits per heavy atom. The standard InChI is InChI=1S/C2H3N.C2H4O2.CH2O2.CH4O.2H3N/c1-2-3;1-2(3)4;2-1-3;1-2;;/h1H3;1H3,(H,3,4);1H,(H,2,3);2H,1H3;2*1H3. The van der Waals surface area contributed by atoms with Crippen LogP contribution in [0.5, 0.6) is 0 Å². The second kappa shape index (κ2) is 110. The summed E-state index contributed by atoms with van der Waals surface area (Å²) < 4.78 is 0. The zero-order valence-corrected chi connectivity index (χ0v) is 8.60. The van der Waals surface area contributed by atoms with Crippen LogP contribution in [0.1, 0.15) is 13.8 Å². The van der Waals surface area contributed by atoms with E-state index in [4.69, 9.17) is 30.2 Å². The van der Waals surface area contributed by atoms with Gasteiger partial charge >= 0.3 is 0 Å². The van der Waals surface area contributed by atoms with E-state index in [9.17, 15) is 0 Å². The molecule has 88 valence electrons. The molecule has 0 radical (unpaired) electrons. The van der Waals surface area contributed by atoms with Crippen LogP contribution in [-0.2, 0) is 9.59 Å². The van der Waals surface area contributed by atoms with Crippen LogP contribution in [-0.4, -0.2) is 34.9 Å². The van der Waals surface area contributed by atoms with E-state index in [-0.39, 0.29) is 18.8 Å². The maximum atomic E-state index is 9.00. The van der Waals surface area contributed by atoms with Gasteiger partial charge in [-0.05, 0) is 0 Å². The highest BCUT2D eigenvalue weighted by atomic mass is 16.4. The fourth-order valence-electron chi connectivity index (χ4n) is 0. The molecule has 0 aromatic heterocycles. The van der Waals surface area contributed by atoms with Crippen LogP contribution in [0.3, 0.4) is 0 Å². The van der Waals surface area contributed by atoms with E-state index in [2.05, 4.69) is 0 Å². The van der Waals surface area contributed by atoms with Crippen LogP contribution < -0.4 is 12.3 Å². The number of nitrogens with zero attached hydrogens (tertiary/aromatic N) is 1. The van der Waals surface area contributed by atoms with Crippen LogP contribution in [0, 0.1) is 11.3 Å². The Labute approximate surface area is 83.0 Å². The second-order valence-corrected chi connectivity index (χ2v) is 0.848. The van der Waals surface area contributed by atoms with Crippen LogP contribution in [0.15, 0.2) is 0 Å². The largest absolute Gasteiger partial charge is 0.483 e. The molecule has 0 atom stereocenters. The number of aliphatic hydroxyl groups excluding tert-OH is 1. The number of rotatable bonds is 0. The molecular weight excluding hydrogens is 194 g/mol. The molecule has 0 aliphatic rings. The molecule has 0 saturated carbocycles. The Kier molecular flexibility index (Phi) is 310. The van der Waals surface area contributed by atoms with Gasteiger partial charge in [0.05, 0.1) is 6.07 Å². The number of carboxylic acids is 1. The SMILES string of the molecule is CC#N.CC(=O)O.CO.N.N.O=CO. The molecule has 0 aromatic rings. The van der Waals surface area contributed by atoms with Gasteiger partial charge in [0.1, 0.15) is 0 Å². The van der Waals surface area contributed by atoms with Crippen molar-refractivity contribution in [3.63, 3.8) is 0 Å².